The first-order valence-electron chi connectivity index (χ1n) is 12.8. The van der Waals surface area contributed by atoms with Crippen molar-refractivity contribution < 1.29 is 13.2 Å². The summed E-state index contributed by atoms with van der Waals surface area (Å²) >= 11 is 0. The molecule has 3 aromatic rings. The molecule has 0 atom stereocenters. The van der Waals surface area contributed by atoms with Crippen molar-refractivity contribution in [1.29, 1.82) is 0 Å². The van der Waals surface area contributed by atoms with Crippen LogP contribution >= 0.6 is 0 Å². The van der Waals surface area contributed by atoms with Crippen LogP contribution in [0.5, 0.6) is 5.75 Å². The van der Waals surface area contributed by atoms with Gasteiger partial charge in [-0.05, 0) is 38.6 Å². The van der Waals surface area contributed by atoms with Crippen LogP contribution in [0.1, 0.15) is 39.5 Å². The Morgan fingerprint density at radius 1 is 1.03 bits per heavy atom. The average Bonchev–Trinajstić information content (AvgIpc) is 3.33. The summed E-state index contributed by atoms with van der Waals surface area (Å²) in [5.41, 5.74) is -0.0387. The van der Waals surface area contributed by atoms with Crippen LogP contribution in [0, 0.1) is 0 Å². The summed E-state index contributed by atoms with van der Waals surface area (Å²) in [6.07, 6.45) is 3.87. The van der Waals surface area contributed by atoms with E-state index in [-0.39, 0.29) is 21.9 Å². The molecule has 0 bridgehead atoms. The number of H-pyrrole nitrogens is 1. The van der Waals surface area contributed by atoms with Gasteiger partial charge in [0.1, 0.15) is 17.1 Å². The van der Waals surface area contributed by atoms with Gasteiger partial charge in [-0.3, -0.25) is 13.9 Å². The number of benzene rings is 1. The fourth-order valence-electron chi connectivity index (χ4n) is 4.57. The van der Waals surface area contributed by atoms with E-state index in [0.717, 1.165) is 30.3 Å². The minimum Gasteiger partial charge on any atom is -0.493 e. The first kappa shape index (κ1) is 27.1. The van der Waals surface area contributed by atoms with E-state index in [1.165, 1.54) is 28.1 Å². The highest BCUT2D eigenvalue weighted by Crippen LogP contribution is 2.32. The lowest BCUT2D eigenvalue weighted by molar-refractivity contribution is 0.222. The van der Waals surface area contributed by atoms with Crippen LogP contribution in [-0.2, 0) is 23.6 Å². The van der Waals surface area contributed by atoms with Gasteiger partial charge in [-0.2, -0.15) is 4.31 Å². The van der Waals surface area contributed by atoms with E-state index in [4.69, 9.17) is 4.74 Å². The Kier molecular flexibility index (Phi) is 8.20. The first-order valence-corrected chi connectivity index (χ1v) is 14.3. The smallest absolute Gasteiger partial charge is 0.332 e. The van der Waals surface area contributed by atoms with E-state index in [9.17, 15) is 18.0 Å². The molecule has 3 heterocycles. The van der Waals surface area contributed by atoms with Crippen LogP contribution in [0.2, 0.25) is 0 Å². The van der Waals surface area contributed by atoms with Gasteiger partial charge in [0, 0.05) is 39.8 Å². The average molecular weight is 533 g/mol. The number of aryl methyl sites for hydroxylation is 1. The number of ether oxygens (including phenoxy) is 1. The maximum Gasteiger partial charge on any atom is 0.332 e. The molecule has 1 N–H and O–H groups in total. The second-order valence-electron chi connectivity index (χ2n) is 9.44. The van der Waals surface area contributed by atoms with E-state index in [0.29, 0.717) is 50.6 Å². The maximum absolute atomic E-state index is 13.4. The van der Waals surface area contributed by atoms with E-state index >= 15 is 0 Å². The topological polar surface area (TPSA) is 123 Å². The van der Waals surface area contributed by atoms with Gasteiger partial charge in [0.05, 0.1) is 17.1 Å². The highest BCUT2D eigenvalue weighted by Gasteiger charge is 2.29. The summed E-state index contributed by atoms with van der Waals surface area (Å²) in [6, 6.07) is 4.68. The summed E-state index contributed by atoms with van der Waals surface area (Å²) < 4.78 is 36.7. The minimum absolute atomic E-state index is 0.126. The summed E-state index contributed by atoms with van der Waals surface area (Å²) in [4.78, 5) is 35.8. The number of likely N-dealkylation sites (N-methyl/N-ethyl adjacent to an activating group) is 1. The molecule has 0 radical (unpaired) electrons. The van der Waals surface area contributed by atoms with Gasteiger partial charge in [-0.1, -0.05) is 26.2 Å². The zero-order valence-electron chi connectivity index (χ0n) is 22.0. The third kappa shape index (κ3) is 5.36. The van der Waals surface area contributed by atoms with Crippen molar-refractivity contribution in [2.45, 2.75) is 51.0 Å². The Bertz CT molecular complexity index is 1480. The molecule has 1 aromatic carbocycles. The number of aromatic nitrogens is 4. The van der Waals surface area contributed by atoms with Crippen molar-refractivity contribution >= 4 is 21.2 Å². The highest BCUT2D eigenvalue weighted by atomic mass is 32.2. The molecule has 1 saturated heterocycles. The van der Waals surface area contributed by atoms with Gasteiger partial charge >= 0.3 is 5.69 Å². The minimum atomic E-state index is -3.74. The number of sulfonamides is 1. The van der Waals surface area contributed by atoms with Crippen molar-refractivity contribution in [1.82, 2.24) is 28.3 Å². The standard InChI is InChI=1S/C25H36N6O5S/c1-5-7-8-9-12-31-23-21(24(32)29(4)25(31)33)26-22(27-23)19-17-18(10-11-20(19)36-6-2)37(34,35)30-15-13-28(3)14-16-30/h10-11,17H,5-9,12-16H2,1-4H3,(H,26,27). The van der Waals surface area contributed by atoms with Crippen molar-refractivity contribution in [3.8, 4) is 17.1 Å². The quantitative estimate of drug-likeness (QED) is 0.396. The molecule has 1 aliphatic heterocycles. The Morgan fingerprint density at radius 3 is 2.43 bits per heavy atom. The molecule has 12 heteroatoms. The molecule has 4 rings (SSSR count). The number of unbranched alkanes of at least 4 members (excludes halogenated alkanes) is 3. The van der Waals surface area contributed by atoms with Crippen LogP contribution in [0.25, 0.3) is 22.6 Å². The number of imidazole rings is 1. The van der Waals surface area contributed by atoms with Gasteiger partial charge < -0.3 is 14.6 Å². The molecule has 0 amide bonds. The van der Waals surface area contributed by atoms with Crippen molar-refractivity contribution in [3.63, 3.8) is 0 Å². The monoisotopic (exact) mass is 532 g/mol. The molecule has 2 aromatic heterocycles. The summed E-state index contributed by atoms with van der Waals surface area (Å²) in [7, 11) is -0.324. The second-order valence-corrected chi connectivity index (χ2v) is 11.4. The Morgan fingerprint density at radius 2 is 1.76 bits per heavy atom. The summed E-state index contributed by atoms with van der Waals surface area (Å²) in [5.74, 6) is 0.714. The summed E-state index contributed by atoms with van der Waals surface area (Å²) in [6.45, 7) is 6.88. The molecule has 1 fully saturated rings. The number of nitrogens with zero attached hydrogens (tertiary/aromatic N) is 5. The second kappa shape index (κ2) is 11.2. The van der Waals surface area contributed by atoms with E-state index in [2.05, 4.69) is 21.8 Å². The fraction of sp³-hybridized carbons (Fsp3) is 0.560. The lowest BCUT2D eigenvalue weighted by Gasteiger charge is -2.31. The largest absolute Gasteiger partial charge is 0.493 e. The lowest BCUT2D eigenvalue weighted by Crippen LogP contribution is -2.47. The van der Waals surface area contributed by atoms with Crippen LogP contribution < -0.4 is 16.0 Å². The molecule has 0 spiro atoms. The molecule has 0 unspecified atom stereocenters. The summed E-state index contributed by atoms with van der Waals surface area (Å²) in [5, 5.41) is 0. The molecule has 1 aliphatic rings. The lowest BCUT2D eigenvalue weighted by atomic mass is 10.2. The van der Waals surface area contributed by atoms with Crippen LogP contribution in [0.4, 0.5) is 0 Å². The molecule has 0 saturated carbocycles. The number of rotatable bonds is 10. The van der Waals surface area contributed by atoms with Crippen molar-refractivity contribution in [2.75, 3.05) is 39.8 Å². The number of fused-ring (bicyclic) bond motifs is 1. The molecule has 37 heavy (non-hydrogen) atoms. The van der Waals surface area contributed by atoms with Crippen LogP contribution in [0.3, 0.4) is 0 Å². The number of piperazine rings is 1. The van der Waals surface area contributed by atoms with Gasteiger partial charge in [0.15, 0.2) is 5.65 Å². The third-order valence-corrected chi connectivity index (χ3v) is 8.71. The van der Waals surface area contributed by atoms with Crippen molar-refractivity contribution in [2.24, 2.45) is 7.05 Å². The van der Waals surface area contributed by atoms with Gasteiger partial charge in [-0.15, -0.1) is 0 Å². The van der Waals surface area contributed by atoms with Gasteiger partial charge in [0.2, 0.25) is 10.0 Å². The predicted octanol–water partition coefficient (Wildman–Crippen LogP) is 2.01. The first-order chi connectivity index (χ1) is 17.7. The Balaban J connectivity index is 1.82. The van der Waals surface area contributed by atoms with E-state index in [1.807, 2.05) is 14.0 Å². The zero-order chi connectivity index (χ0) is 26.7. The predicted molar refractivity (Wildman–Crippen MR) is 143 cm³/mol. The molecular weight excluding hydrogens is 496 g/mol. The third-order valence-electron chi connectivity index (χ3n) is 6.82. The van der Waals surface area contributed by atoms with E-state index in [1.54, 1.807) is 6.07 Å². The number of hydrogen-bond donors (Lipinski definition) is 1. The Labute approximate surface area is 216 Å². The zero-order valence-corrected chi connectivity index (χ0v) is 22.8. The Hall–Kier alpha value is -2.96. The normalized spacial score (nSPS) is 15.5. The van der Waals surface area contributed by atoms with Gasteiger partial charge in [0.25, 0.3) is 5.56 Å². The maximum atomic E-state index is 13.4. The molecule has 202 valence electrons. The SMILES string of the molecule is CCCCCCn1c(=O)n(C)c(=O)c2[nH]c(-c3cc(S(=O)(=O)N4CCN(C)CC4)ccc3OCC)nc21. The van der Waals surface area contributed by atoms with Gasteiger partial charge in [-0.25, -0.2) is 18.2 Å². The van der Waals surface area contributed by atoms with Crippen LogP contribution in [-0.4, -0.2) is 76.6 Å². The fourth-order valence-corrected chi connectivity index (χ4v) is 6.02. The van der Waals surface area contributed by atoms with Crippen molar-refractivity contribution in [3.05, 3.63) is 39.0 Å². The molecule has 0 aliphatic carbocycles. The van der Waals surface area contributed by atoms with E-state index < -0.39 is 21.3 Å². The number of aromatic amines is 1. The highest BCUT2D eigenvalue weighted by molar-refractivity contribution is 7.89. The molecule has 11 nitrogen and oxygen atoms in total. The van der Waals surface area contributed by atoms with Crippen LogP contribution in [0.15, 0.2) is 32.7 Å². The number of nitrogens with one attached hydrogen (secondary N) is 1. The molecular formula is C25H36N6O5S. The number of hydrogen-bond acceptors (Lipinski definition) is 7.